The van der Waals surface area contributed by atoms with E-state index in [9.17, 15) is 4.79 Å². The van der Waals surface area contributed by atoms with Crippen molar-refractivity contribution >= 4 is 17.0 Å². The van der Waals surface area contributed by atoms with Crippen LogP contribution in [-0.2, 0) is 17.6 Å². The smallest absolute Gasteiger partial charge is 0.407 e. The van der Waals surface area contributed by atoms with Crippen LogP contribution in [0.1, 0.15) is 46.7 Å². The Morgan fingerprint density at radius 2 is 1.71 bits per heavy atom. The average Bonchev–Trinajstić information content (AvgIpc) is 3.41. The largest absolute Gasteiger partial charge is 0.449 e. The Morgan fingerprint density at radius 3 is 2.50 bits per heavy atom. The number of nitrogens with one attached hydrogen (secondary N) is 2. The molecule has 1 aromatic heterocycles. The molecule has 1 amide bonds. The van der Waals surface area contributed by atoms with Crippen molar-refractivity contribution in [3.05, 3.63) is 94.7 Å². The zero-order valence-electron chi connectivity index (χ0n) is 19.0. The fraction of sp³-hybridized carbons (Fsp3) is 0.233. The molecule has 34 heavy (non-hydrogen) atoms. The molecule has 0 aliphatic heterocycles. The zero-order chi connectivity index (χ0) is 22.9. The minimum absolute atomic E-state index is 0.0586. The van der Waals surface area contributed by atoms with Crippen LogP contribution in [0, 0.1) is 11.8 Å². The first-order chi connectivity index (χ1) is 16.8. The van der Waals surface area contributed by atoms with Gasteiger partial charge in [-0.05, 0) is 71.7 Å². The van der Waals surface area contributed by atoms with Crippen molar-refractivity contribution < 1.29 is 9.53 Å². The van der Waals surface area contributed by atoms with Gasteiger partial charge in [0.2, 0.25) is 0 Å². The van der Waals surface area contributed by atoms with Gasteiger partial charge in [-0.1, -0.05) is 60.4 Å². The molecule has 2 aliphatic rings. The quantitative estimate of drug-likeness (QED) is 0.383. The number of H-pyrrole nitrogens is 1. The van der Waals surface area contributed by atoms with Gasteiger partial charge in [0.1, 0.15) is 6.61 Å². The summed E-state index contributed by atoms with van der Waals surface area (Å²) in [6.07, 6.45) is 4.34. The fourth-order valence-electron chi connectivity index (χ4n) is 5.40. The second-order valence-corrected chi connectivity index (χ2v) is 9.03. The van der Waals surface area contributed by atoms with E-state index in [4.69, 9.17) is 4.74 Å². The molecule has 4 heteroatoms. The molecule has 1 heterocycles. The third kappa shape index (κ3) is 3.74. The van der Waals surface area contributed by atoms with E-state index < -0.39 is 6.09 Å². The average molecular weight is 447 g/mol. The molecule has 0 saturated heterocycles. The summed E-state index contributed by atoms with van der Waals surface area (Å²) in [4.78, 5) is 15.9. The normalized spacial score (nSPS) is 14.0. The Labute approximate surface area is 199 Å². The standard InChI is InChI=1S/C30H26N2O2/c33-30(34-19-27-23-11-3-1-9-21(23)22-10-2-4-12-24(22)27)31-17-7-8-20-15-16-29-26(18-20)25-13-5-6-14-28(25)32-29/h1-4,9-12,15-16,18,27,32H,5-6,13-14,17,19H2,(H,31,33). The molecule has 4 nitrogen and oxygen atoms in total. The molecule has 0 atom stereocenters. The molecule has 0 radical (unpaired) electrons. The second-order valence-electron chi connectivity index (χ2n) is 9.03. The van der Waals surface area contributed by atoms with Gasteiger partial charge in [0.25, 0.3) is 0 Å². The number of aromatic nitrogens is 1. The SMILES string of the molecule is O=C(NCC#Cc1ccc2[nH]c3c(c2c1)CCCC3)OCC1c2ccccc2-c2ccccc21. The van der Waals surface area contributed by atoms with E-state index in [0.29, 0.717) is 6.61 Å². The van der Waals surface area contributed by atoms with Crippen molar-refractivity contribution in [1.29, 1.82) is 0 Å². The number of amides is 1. The predicted octanol–water partition coefficient (Wildman–Crippen LogP) is 5.94. The fourth-order valence-corrected chi connectivity index (χ4v) is 5.40. The Hall–Kier alpha value is -3.97. The first-order valence-electron chi connectivity index (χ1n) is 12.0. The summed E-state index contributed by atoms with van der Waals surface area (Å²) in [5.74, 6) is 6.29. The van der Waals surface area contributed by atoms with Crippen LogP contribution in [0.3, 0.4) is 0 Å². The van der Waals surface area contributed by atoms with Gasteiger partial charge in [0.15, 0.2) is 0 Å². The van der Waals surface area contributed by atoms with Gasteiger partial charge in [0.05, 0.1) is 6.54 Å². The minimum atomic E-state index is -0.439. The lowest BCUT2D eigenvalue weighted by molar-refractivity contribution is 0.144. The van der Waals surface area contributed by atoms with E-state index in [1.165, 1.54) is 57.3 Å². The lowest BCUT2D eigenvalue weighted by Gasteiger charge is -2.14. The maximum absolute atomic E-state index is 12.3. The lowest BCUT2D eigenvalue weighted by Crippen LogP contribution is -2.26. The van der Waals surface area contributed by atoms with Crippen molar-refractivity contribution in [3.8, 4) is 23.0 Å². The van der Waals surface area contributed by atoms with Crippen molar-refractivity contribution in [2.24, 2.45) is 0 Å². The van der Waals surface area contributed by atoms with Crippen LogP contribution in [0.15, 0.2) is 66.7 Å². The Bertz CT molecular complexity index is 1410. The molecule has 0 spiro atoms. The van der Waals surface area contributed by atoms with E-state index in [1.807, 2.05) is 30.3 Å². The number of carbonyl (C=O) groups is 1. The van der Waals surface area contributed by atoms with E-state index in [-0.39, 0.29) is 12.5 Å². The monoisotopic (exact) mass is 446 g/mol. The molecule has 0 bridgehead atoms. The van der Waals surface area contributed by atoms with Gasteiger partial charge in [-0.15, -0.1) is 0 Å². The number of ether oxygens (including phenoxy) is 1. The Morgan fingerprint density at radius 1 is 0.971 bits per heavy atom. The first-order valence-corrected chi connectivity index (χ1v) is 12.0. The lowest BCUT2D eigenvalue weighted by atomic mass is 9.95. The molecule has 0 fully saturated rings. The Balaban J connectivity index is 1.08. The second kappa shape index (κ2) is 8.76. The summed E-state index contributed by atoms with van der Waals surface area (Å²) < 4.78 is 5.58. The third-order valence-corrected chi connectivity index (χ3v) is 7.00. The maximum Gasteiger partial charge on any atom is 0.407 e. The number of fused-ring (bicyclic) bond motifs is 6. The van der Waals surface area contributed by atoms with Crippen LogP contribution in [0.5, 0.6) is 0 Å². The third-order valence-electron chi connectivity index (χ3n) is 7.00. The van der Waals surface area contributed by atoms with Crippen molar-refractivity contribution in [2.45, 2.75) is 31.6 Å². The van der Waals surface area contributed by atoms with Gasteiger partial charge in [-0.25, -0.2) is 4.79 Å². The van der Waals surface area contributed by atoms with Gasteiger partial charge in [0, 0.05) is 28.1 Å². The number of hydrogen-bond donors (Lipinski definition) is 2. The number of aryl methyl sites for hydroxylation is 2. The molecular formula is C30H26N2O2. The summed E-state index contributed by atoms with van der Waals surface area (Å²) in [7, 11) is 0. The molecule has 168 valence electrons. The van der Waals surface area contributed by atoms with Crippen molar-refractivity contribution in [1.82, 2.24) is 10.3 Å². The van der Waals surface area contributed by atoms with Gasteiger partial charge in [-0.2, -0.15) is 0 Å². The minimum Gasteiger partial charge on any atom is -0.449 e. The van der Waals surface area contributed by atoms with E-state index in [2.05, 4.69) is 58.5 Å². The van der Waals surface area contributed by atoms with E-state index in [0.717, 1.165) is 18.4 Å². The summed E-state index contributed by atoms with van der Waals surface area (Å²) in [5, 5.41) is 4.05. The highest BCUT2D eigenvalue weighted by molar-refractivity contribution is 5.86. The summed E-state index contributed by atoms with van der Waals surface area (Å²) >= 11 is 0. The first kappa shape index (κ1) is 20.6. The van der Waals surface area contributed by atoms with Crippen LogP contribution in [-0.4, -0.2) is 24.2 Å². The molecule has 3 aromatic carbocycles. The number of aromatic amines is 1. The van der Waals surface area contributed by atoms with Gasteiger partial charge >= 0.3 is 6.09 Å². The van der Waals surface area contributed by atoms with Crippen LogP contribution in [0.25, 0.3) is 22.0 Å². The Kier molecular flexibility index (Phi) is 5.31. The number of alkyl carbamates (subject to hydrolysis) is 1. The molecule has 0 saturated carbocycles. The van der Waals surface area contributed by atoms with Gasteiger partial charge < -0.3 is 15.0 Å². The number of rotatable bonds is 3. The summed E-state index contributed by atoms with van der Waals surface area (Å²) in [6.45, 7) is 0.558. The van der Waals surface area contributed by atoms with E-state index >= 15 is 0 Å². The maximum atomic E-state index is 12.3. The highest BCUT2D eigenvalue weighted by atomic mass is 16.5. The van der Waals surface area contributed by atoms with Crippen LogP contribution in [0.2, 0.25) is 0 Å². The number of carbonyl (C=O) groups excluding carboxylic acids is 1. The van der Waals surface area contributed by atoms with Crippen LogP contribution < -0.4 is 5.32 Å². The van der Waals surface area contributed by atoms with Gasteiger partial charge in [-0.3, -0.25) is 0 Å². The van der Waals surface area contributed by atoms with Crippen LogP contribution in [0.4, 0.5) is 4.79 Å². The topological polar surface area (TPSA) is 54.1 Å². The summed E-state index contributed by atoms with van der Waals surface area (Å²) in [5.41, 5.74) is 9.84. The summed E-state index contributed by atoms with van der Waals surface area (Å²) in [6, 6.07) is 23.0. The molecule has 4 aromatic rings. The van der Waals surface area contributed by atoms with Crippen molar-refractivity contribution in [3.63, 3.8) is 0 Å². The van der Waals surface area contributed by atoms with Crippen LogP contribution >= 0.6 is 0 Å². The highest BCUT2D eigenvalue weighted by Crippen LogP contribution is 2.44. The number of benzene rings is 3. The molecule has 6 rings (SSSR count). The zero-order valence-corrected chi connectivity index (χ0v) is 19.0. The predicted molar refractivity (Wildman–Crippen MR) is 135 cm³/mol. The molecule has 0 unspecified atom stereocenters. The number of hydrogen-bond acceptors (Lipinski definition) is 2. The van der Waals surface area contributed by atoms with Crippen molar-refractivity contribution in [2.75, 3.05) is 13.2 Å². The molecular weight excluding hydrogens is 420 g/mol. The molecule has 2 aliphatic carbocycles. The van der Waals surface area contributed by atoms with E-state index in [1.54, 1.807) is 0 Å². The highest BCUT2D eigenvalue weighted by Gasteiger charge is 2.28. The molecule has 2 N–H and O–H groups in total.